The first kappa shape index (κ1) is 44.1. The highest BCUT2D eigenvalue weighted by Crippen LogP contribution is 3.51. The zero-order valence-corrected chi connectivity index (χ0v) is 65.7. The predicted octanol–water partition coefficient (Wildman–Crippen LogP) is 11.6. The Morgan fingerprint density at radius 3 is 0.957 bits per heavy atom. The van der Waals surface area contributed by atoms with Crippen molar-refractivity contribution in [2.24, 2.45) is 653 Å². The van der Waals surface area contributed by atoms with Gasteiger partial charge in [-0.25, -0.2) is 0 Å². The van der Waals surface area contributed by atoms with E-state index in [0.717, 1.165) is 168 Å². The fourth-order valence-electron chi connectivity index (χ4n) is 109. The number of hydrogen-bond acceptors (Lipinski definition) is 0. The van der Waals surface area contributed by atoms with Gasteiger partial charge in [0, 0.05) is 0 Å². The molecule has 73 aliphatic rings. The standard InChI is InChI=1S/C117H90/c1-5-2-11-37-44-47-59-65-74-68-62-57-54-56-61-67-73-66-60-55-53-51-49-46-43-36-10-4-9-13-6-3-7-12(6)15-14(7)16-17(15)19-18(16)20-21(19)23-22(20)24-25(23)27-26(24)28-29(27)38-30(28)39-32-40-31-34-8(1)35-42-33(5)91(11)108(42)82-78-72-79-86-113(65,107(59,79)102(47,72)103(44,78)109(37,82)91)117(74)112(68)85-77-71-64-70-76-84-111(67,105(61,76)100(56,70)98(54,64)101(57,71)106(62,77)112)116(73)110(66)83(114(84,116)89(38,39)81(32)90(40,115(85,86)117)80(31)88(34,35)108)75-69-63-58-52-50-48-45-41(13)87(9,10)92(36,45)93(43,48)94(46,50)95(49,52)96(51,58)97(53,63)99(55,69)104(60,75)110/h5-86H,1-4H2/t5?,6?,7-,8?,9?,10?,11?,12?,13?,14?,15?,16?,17?,18?,19?,20?,21?,22?,23?,24?,25?,26?,27?,28?,29?,30?,31?,32?,33?,34?,35?,36?,37?,38?,39?,40?,41?,42?,43?,44?,45?,46?,47?,48?,49?,50?,51?,52?,53?,54?,55?,56?,57?,58?,59?,60?,61?,62?,63?,64?,65?,66?,67?,68?,69?,70?,71?,72?,73?,74?,75?,76?,77?,78?,79?,80?,81?,82?,83?,84?,85?,86?,87?,88?,89?,90?,91?,92?,93?,94?,95?,96?,97?,98?,99?,100?,101?,102?,103?,104?,105?,106?,107?,108?,109?,110?,111?,112?,113?,114?,115?,116?,117?/m0/s1. The van der Waals surface area contributed by atoms with Crippen LogP contribution in [-0.2, 0) is 0 Å². The normalized spacial score (nSPS) is 127. The lowest BCUT2D eigenvalue weighted by atomic mass is 8.59. The van der Waals surface area contributed by atoms with E-state index in [1.54, 1.807) is 0 Å². The van der Waals surface area contributed by atoms with E-state index >= 15 is 0 Å². The molecule has 0 aliphatic heterocycles. The second-order valence-electron chi connectivity index (χ2n) is 72.8. The van der Waals surface area contributed by atoms with Crippen LogP contribution in [0, 0.1) is 653 Å². The summed E-state index contributed by atoms with van der Waals surface area (Å²) >= 11 is 0. The van der Waals surface area contributed by atoms with Crippen LogP contribution in [0.5, 0.6) is 0 Å². The Hall–Kier alpha value is 0. The van der Waals surface area contributed by atoms with Gasteiger partial charge in [0.2, 0.25) is 0 Å². The van der Waals surface area contributed by atoms with E-state index < -0.39 is 0 Å². The van der Waals surface area contributed by atoms with Crippen LogP contribution in [0.3, 0.4) is 0 Å². The molecule has 0 N–H and O–H groups in total. The molecule has 0 heteroatoms. The summed E-state index contributed by atoms with van der Waals surface area (Å²) in [6.07, 6.45) is 7.53. The van der Waals surface area contributed by atoms with Gasteiger partial charge in [0.05, 0.1) is 0 Å². The molecular weight excluding hydrogens is 1410 g/mol. The average Bonchev–Trinajstić information content (AvgIpc) is 0.681. The molecule has 558 valence electrons. The molecule has 0 amide bonds. The lowest BCUT2D eigenvalue weighted by molar-refractivity contribution is -0.992. The smallest absolute Gasteiger partial charge is 0.00591 e. The molecule has 112 unspecified atom stereocenters. The molecule has 73 rings (SSSR count). The van der Waals surface area contributed by atoms with Crippen molar-refractivity contribution in [2.75, 3.05) is 0 Å². The molecule has 0 aromatic carbocycles. The van der Waals surface area contributed by atoms with Gasteiger partial charge in [-0.05, 0) is 679 Å². The van der Waals surface area contributed by atoms with Crippen molar-refractivity contribution in [1.82, 2.24) is 0 Å². The number of hydrogen-bond donors (Lipinski definition) is 0. The Balaban J connectivity index is 0.472. The fraction of sp³-hybridized carbons (Fsp3) is 1.00. The number of rotatable bonds is 0. The molecule has 0 aromatic heterocycles. The minimum atomic E-state index is 0.987. The fourth-order valence-corrected chi connectivity index (χ4v) is 109. The maximum Gasteiger partial charge on any atom is -0.00591 e. The molecule has 0 saturated heterocycles. The average molecular weight is 1500 g/mol. The van der Waals surface area contributed by atoms with Crippen LogP contribution in [0.15, 0.2) is 0 Å². The third kappa shape index (κ3) is 1.45. The summed E-state index contributed by atoms with van der Waals surface area (Å²) in [7, 11) is 0. The van der Waals surface area contributed by atoms with E-state index in [4.69, 9.17) is 0 Å². The van der Waals surface area contributed by atoms with E-state index in [-0.39, 0.29) is 0 Å². The zero-order valence-electron chi connectivity index (χ0n) is 65.7. The second kappa shape index (κ2) is 8.07. The Bertz CT molecular complexity index is 7640. The van der Waals surface area contributed by atoms with Gasteiger partial charge in [-0.3, -0.25) is 0 Å². The lowest BCUT2D eigenvalue weighted by Crippen LogP contribution is -3.43. The molecule has 0 radical (unpaired) electrons. The van der Waals surface area contributed by atoms with Crippen molar-refractivity contribution in [3.63, 3.8) is 0 Å². The minimum Gasteiger partial charge on any atom is -0.0467 e. The number of fused-ring (bicyclic) bond motifs is 41. The highest BCUT2D eigenvalue weighted by atomic mass is 15.5. The highest BCUT2D eigenvalue weighted by molar-refractivity contribution is 5.94. The van der Waals surface area contributed by atoms with Gasteiger partial charge in [-0.15, -0.1) is 0 Å². The molecule has 0 heterocycles. The minimum absolute atomic E-state index is 0.987. The van der Waals surface area contributed by atoms with Gasteiger partial charge >= 0.3 is 0 Å². The summed E-state index contributed by atoms with van der Waals surface area (Å²) in [4.78, 5) is 0. The predicted molar refractivity (Wildman–Crippen MR) is 380 cm³/mol. The molecule has 31 spiro atoms. The Morgan fingerprint density at radius 2 is 0.444 bits per heavy atom. The van der Waals surface area contributed by atoms with Crippen LogP contribution in [-0.4, -0.2) is 0 Å². The van der Waals surface area contributed by atoms with E-state index in [2.05, 4.69) is 0 Å². The Morgan fingerprint density at radius 1 is 0.111 bits per heavy atom. The van der Waals surface area contributed by atoms with Crippen molar-refractivity contribution in [2.45, 2.75) is 25.7 Å². The van der Waals surface area contributed by atoms with Crippen LogP contribution in [0.25, 0.3) is 0 Å². The molecular formula is C117H90. The third-order valence-electron chi connectivity index (χ3n) is 92.2. The Kier molecular flexibility index (Phi) is 3.04. The molecule has 73 aliphatic carbocycles. The quantitative estimate of drug-likeness (QED) is 0.227. The molecule has 0 aromatic rings. The van der Waals surface area contributed by atoms with E-state index in [1.807, 2.05) is 25.7 Å². The zero-order chi connectivity index (χ0) is 65.7. The van der Waals surface area contributed by atoms with Crippen molar-refractivity contribution in [1.29, 1.82) is 0 Å². The molecule has 73 fully saturated rings. The van der Waals surface area contributed by atoms with Gasteiger partial charge < -0.3 is 0 Å². The van der Waals surface area contributed by atoms with Crippen LogP contribution in [0.4, 0.5) is 0 Å². The summed E-state index contributed by atoms with van der Waals surface area (Å²) in [5.41, 5.74) is 32.7. The van der Waals surface area contributed by atoms with Crippen molar-refractivity contribution < 1.29 is 0 Å². The molecule has 0 bridgehead atoms. The van der Waals surface area contributed by atoms with Crippen molar-refractivity contribution in [3.8, 4) is 0 Å². The van der Waals surface area contributed by atoms with Crippen LogP contribution < -0.4 is 0 Å². The van der Waals surface area contributed by atoms with Gasteiger partial charge in [-0.2, -0.15) is 0 Å². The second-order valence-corrected chi connectivity index (χ2v) is 72.8. The van der Waals surface area contributed by atoms with Crippen LogP contribution in [0.2, 0.25) is 0 Å². The highest BCUT2D eigenvalue weighted by Gasteiger charge is 3.49. The maximum absolute atomic E-state index is 1.92. The molecule has 117 heavy (non-hydrogen) atoms. The molecule has 113 atom stereocenters. The largest absolute Gasteiger partial charge is 0.0467 e. The van der Waals surface area contributed by atoms with Crippen LogP contribution >= 0.6 is 0 Å². The summed E-state index contributed by atoms with van der Waals surface area (Å²) in [5.74, 6) is 114. The van der Waals surface area contributed by atoms with E-state index in [0.29, 0.717) is 0 Å². The van der Waals surface area contributed by atoms with Crippen molar-refractivity contribution >= 4 is 0 Å². The Labute approximate surface area is 674 Å². The lowest BCUT2D eigenvalue weighted by Gasteiger charge is -3.44. The monoisotopic (exact) mass is 1490 g/mol. The van der Waals surface area contributed by atoms with Gasteiger partial charge in [0.1, 0.15) is 0 Å². The first-order chi connectivity index (χ1) is 58.2. The summed E-state index contributed by atoms with van der Waals surface area (Å²) in [5, 5.41) is 0. The van der Waals surface area contributed by atoms with Gasteiger partial charge in [-0.1, -0.05) is 0 Å². The SMILES string of the molecule is C1C2CC3C4C5C6C7C8C9C%10C%11C%12C%13C%14C%15C%16C%17C%18C%19C%20C%21C%22C%23C%24C%25C%26C%27CC%28C%29C%30C[C@H]%31C%30C%30C%32C%33C%34C%35C(C%36C%35C%35C%36C%36C%35C%35C%36C%36C%37C%38C%39C%40C1C1C%41C2C32C%413C%41C%42C%43C%44C%45C%46%47C%48C%49C%50C%51C%52C%53C%54C%55(C%56C%57C%58C%59C%60C%61C%62C%63C%64C%29C%28%27C%26%64C%25%63C%24%62C%23%61C%22%60C%21%59C%20%58C%19%57C%18%56C%17%55C%16%54C%15%53C%14%52C%13%51C%12%50C%11%49C%10%48C9%46C8%45C7%44C6%43C5%42C4%412)C%35%36C%37C%38%47C%39C%4013)C%34C%33C%32C%30%31. The van der Waals surface area contributed by atoms with Crippen LogP contribution in [0.1, 0.15) is 25.7 Å². The van der Waals surface area contributed by atoms with E-state index in [9.17, 15) is 0 Å². The summed E-state index contributed by atoms with van der Waals surface area (Å²) < 4.78 is 0. The topological polar surface area (TPSA) is 0 Å². The summed E-state index contributed by atoms with van der Waals surface area (Å²) in [6, 6.07) is 0. The first-order valence-corrected chi connectivity index (χ1v) is 58.2. The summed E-state index contributed by atoms with van der Waals surface area (Å²) in [6.45, 7) is 0. The van der Waals surface area contributed by atoms with Gasteiger partial charge in [0.15, 0.2) is 0 Å². The molecule has 73 saturated carbocycles. The van der Waals surface area contributed by atoms with E-state index in [1.165, 1.54) is 485 Å². The first-order valence-electron chi connectivity index (χ1n) is 58.2. The third-order valence-corrected chi connectivity index (χ3v) is 92.2. The maximum atomic E-state index is 1.92. The van der Waals surface area contributed by atoms with Crippen molar-refractivity contribution in [3.05, 3.63) is 0 Å². The van der Waals surface area contributed by atoms with Gasteiger partial charge in [0.25, 0.3) is 0 Å². The molecule has 0 nitrogen and oxygen atoms in total.